The van der Waals surface area contributed by atoms with Gasteiger partial charge in [-0.25, -0.2) is 0 Å². The summed E-state index contributed by atoms with van der Waals surface area (Å²) in [6.45, 7) is 0.995. The van der Waals surface area contributed by atoms with Crippen LogP contribution in [0.5, 0.6) is 0 Å². The third kappa shape index (κ3) is 2.41. The summed E-state index contributed by atoms with van der Waals surface area (Å²) in [5.74, 6) is 0. The predicted octanol–water partition coefficient (Wildman–Crippen LogP) is 3.17. The van der Waals surface area contributed by atoms with Crippen molar-refractivity contribution in [3.8, 4) is 0 Å². The first-order valence-electron chi connectivity index (χ1n) is 5.35. The Morgan fingerprint density at radius 2 is 2.25 bits per heavy atom. The van der Waals surface area contributed by atoms with Crippen LogP contribution in [0.2, 0.25) is 0 Å². The van der Waals surface area contributed by atoms with E-state index in [2.05, 4.69) is 21.2 Å². The molecule has 0 spiro atoms. The number of nitrogens with one attached hydrogen (secondary N) is 1. The molecule has 1 atom stereocenters. The SMILES string of the molecule is O=[N+]([O-])c1cc(C2CCCCN2)ccc1Br. The largest absolute Gasteiger partial charge is 0.310 e. The molecule has 1 fully saturated rings. The lowest BCUT2D eigenvalue weighted by atomic mass is 9.97. The first-order chi connectivity index (χ1) is 7.68. The summed E-state index contributed by atoms with van der Waals surface area (Å²) in [5, 5.41) is 14.2. The second-order valence-electron chi connectivity index (χ2n) is 3.97. The third-order valence-electron chi connectivity index (χ3n) is 2.88. The summed E-state index contributed by atoms with van der Waals surface area (Å²) in [6, 6.07) is 5.62. The van der Waals surface area contributed by atoms with E-state index in [1.54, 1.807) is 12.1 Å². The summed E-state index contributed by atoms with van der Waals surface area (Å²) in [4.78, 5) is 10.5. The Hall–Kier alpha value is -0.940. The number of benzene rings is 1. The number of hydrogen-bond acceptors (Lipinski definition) is 3. The summed E-state index contributed by atoms with van der Waals surface area (Å²) in [7, 11) is 0. The molecule has 1 N–H and O–H groups in total. The highest BCUT2D eigenvalue weighted by molar-refractivity contribution is 9.10. The summed E-state index contributed by atoms with van der Waals surface area (Å²) in [5.41, 5.74) is 1.15. The lowest BCUT2D eigenvalue weighted by Crippen LogP contribution is -2.26. The summed E-state index contributed by atoms with van der Waals surface area (Å²) >= 11 is 3.19. The minimum absolute atomic E-state index is 0.143. The number of piperidine rings is 1. The van der Waals surface area contributed by atoms with Gasteiger partial charge in [0.15, 0.2) is 0 Å². The minimum Gasteiger partial charge on any atom is -0.310 e. The first kappa shape index (κ1) is 11.5. The van der Waals surface area contributed by atoms with Gasteiger partial charge in [-0.3, -0.25) is 10.1 Å². The molecule has 0 saturated carbocycles. The fourth-order valence-corrected chi connectivity index (χ4v) is 2.41. The molecule has 1 aromatic rings. The fourth-order valence-electron chi connectivity index (χ4n) is 2.02. The van der Waals surface area contributed by atoms with Gasteiger partial charge >= 0.3 is 0 Å². The maximum atomic E-state index is 10.8. The number of nitro benzene ring substituents is 1. The van der Waals surface area contributed by atoms with Crippen molar-refractivity contribution < 1.29 is 4.92 Å². The fraction of sp³-hybridized carbons (Fsp3) is 0.455. The Morgan fingerprint density at radius 1 is 1.44 bits per heavy atom. The zero-order chi connectivity index (χ0) is 11.5. The molecule has 5 heteroatoms. The molecule has 0 bridgehead atoms. The van der Waals surface area contributed by atoms with E-state index in [1.165, 1.54) is 12.8 Å². The van der Waals surface area contributed by atoms with Crippen LogP contribution in [0.25, 0.3) is 0 Å². The third-order valence-corrected chi connectivity index (χ3v) is 3.55. The molecule has 1 heterocycles. The maximum Gasteiger partial charge on any atom is 0.283 e. The molecule has 0 amide bonds. The monoisotopic (exact) mass is 284 g/mol. The van der Waals surface area contributed by atoms with Crippen molar-refractivity contribution in [3.63, 3.8) is 0 Å². The zero-order valence-corrected chi connectivity index (χ0v) is 10.4. The number of hydrogen-bond donors (Lipinski definition) is 1. The molecule has 16 heavy (non-hydrogen) atoms. The van der Waals surface area contributed by atoms with Gasteiger partial charge in [0.1, 0.15) is 0 Å². The highest BCUT2D eigenvalue weighted by Crippen LogP contribution is 2.30. The van der Waals surface area contributed by atoms with Crippen molar-refractivity contribution in [2.75, 3.05) is 6.54 Å². The van der Waals surface area contributed by atoms with Gasteiger partial charge in [-0.15, -0.1) is 0 Å². The number of nitrogens with zero attached hydrogens (tertiary/aromatic N) is 1. The number of nitro groups is 1. The van der Waals surface area contributed by atoms with Gasteiger partial charge in [0.05, 0.1) is 9.40 Å². The van der Waals surface area contributed by atoms with E-state index in [1.807, 2.05) is 6.07 Å². The van der Waals surface area contributed by atoms with E-state index in [0.717, 1.165) is 18.5 Å². The van der Waals surface area contributed by atoms with Crippen LogP contribution in [0.4, 0.5) is 5.69 Å². The van der Waals surface area contributed by atoms with Crippen LogP contribution < -0.4 is 5.32 Å². The van der Waals surface area contributed by atoms with Gasteiger partial charge in [0.2, 0.25) is 0 Å². The van der Waals surface area contributed by atoms with E-state index >= 15 is 0 Å². The van der Waals surface area contributed by atoms with Crippen LogP contribution in [0, 0.1) is 10.1 Å². The summed E-state index contributed by atoms with van der Waals surface area (Å²) < 4.78 is 0.539. The van der Waals surface area contributed by atoms with E-state index in [0.29, 0.717) is 4.47 Å². The average Bonchev–Trinajstić information content (AvgIpc) is 2.30. The second-order valence-corrected chi connectivity index (χ2v) is 4.82. The van der Waals surface area contributed by atoms with Crippen molar-refractivity contribution in [1.82, 2.24) is 5.32 Å². The number of halogens is 1. The second kappa shape index (κ2) is 4.93. The Bertz CT molecular complexity index is 403. The van der Waals surface area contributed by atoms with Crippen molar-refractivity contribution in [2.24, 2.45) is 0 Å². The predicted molar refractivity (Wildman–Crippen MR) is 65.4 cm³/mol. The quantitative estimate of drug-likeness (QED) is 0.670. The zero-order valence-electron chi connectivity index (χ0n) is 8.78. The summed E-state index contributed by atoms with van der Waals surface area (Å²) in [6.07, 6.45) is 3.43. The Kier molecular flexibility index (Phi) is 3.56. The van der Waals surface area contributed by atoms with E-state index in [9.17, 15) is 10.1 Å². The van der Waals surface area contributed by atoms with Crippen LogP contribution in [0.3, 0.4) is 0 Å². The highest BCUT2D eigenvalue weighted by atomic mass is 79.9. The van der Waals surface area contributed by atoms with Gasteiger partial charge in [0.25, 0.3) is 5.69 Å². The number of rotatable bonds is 2. The molecule has 0 radical (unpaired) electrons. The highest BCUT2D eigenvalue weighted by Gasteiger charge is 2.19. The molecule has 2 rings (SSSR count). The topological polar surface area (TPSA) is 55.2 Å². The maximum absolute atomic E-state index is 10.8. The van der Waals surface area contributed by atoms with Crippen LogP contribution in [-0.4, -0.2) is 11.5 Å². The normalized spacial score (nSPS) is 20.7. The Morgan fingerprint density at radius 3 is 2.88 bits per heavy atom. The molecule has 1 saturated heterocycles. The molecule has 4 nitrogen and oxygen atoms in total. The molecule has 1 unspecified atom stereocenters. The molecule has 86 valence electrons. The molecular formula is C11H13BrN2O2. The Balaban J connectivity index is 2.27. The Labute approximate surface area is 102 Å². The molecule has 0 aliphatic carbocycles. The lowest BCUT2D eigenvalue weighted by molar-refractivity contribution is -0.385. The van der Waals surface area contributed by atoms with Crippen LogP contribution >= 0.6 is 15.9 Å². The van der Waals surface area contributed by atoms with Crippen molar-refractivity contribution in [1.29, 1.82) is 0 Å². The van der Waals surface area contributed by atoms with Gasteiger partial charge in [-0.1, -0.05) is 12.5 Å². The molecule has 0 aromatic heterocycles. The molecule has 1 aliphatic rings. The van der Waals surface area contributed by atoms with Crippen LogP contribution in [0.15, 0.2) is 22.7 Å². The lowest BCUT2D eigenvalue weighted by Gasteiger charge is -2.23. The molecule has 1 aromatic carbocycles. The van der Waals surface area contributed by atoms with Crippen LogP contribution in [0.1, 0.15) is 30.9 Å². The van der Waals surface area contributed by atoms with Crippen molar-refractivity contribution in [2.45, 2.75) is 25.3 Å². The smallest absolute Gasteiger partial charge is 0.283 e. The average molecular weight is 285 g/mol. The van der Waals surface area contributed by atoms with E-state index < -0.39 is 0 Å². The molecule has 1 aliphatic heterocycles. The van der Waals surface area contributed by atoms with Crippen molar-refractivity contribution >= 4 is 21.6 Å². The molecular weight excluding hydrogens is 272 g/mol. The van der Waals surface area contributed by atoms with Gasteiger partial charge in [0, 0.05) is 12.1 Å². The van der Waals surface area contributed by atoms with Gasteiger partial charge < -0.3 is 5.32 Å². The van der Waals surface area contributed by atoms with Gasteiger partial charge in [-0.05, 0) is 46.9 Å². The minimum atomic E-state index is -0.351. The van der Waals surface area contributed by atoms with E-state index in [4.69, 9.17) is 0 Å². The van der Waals surface area contributed by atoms with Crippen LogP contribution in [-0.2, 0) is 0 Å². The standard InChI is InChI=1S/C11H13BrN2O2/c12-9-5-4-8(7-11(9)14(15)16)10-3-1-2-6-13-10/h4-5,7,10,13H,1-3,6H2. The van der Waals surface area contributed by atoms with Gasteiger partial charge in [-0.2, -0.15) is 0 Å². The van der Waals surface area contributed by atoms with Crippen molar-refractivity contribution in [3.05, 3.63) is 38.3 Å². The first-order valence-corrected chi connectivity index (χ1v) is 6.15. The van der Waals surface area contributed by atoms with E-state index in [-0.39, 0.29) is 16.7 Å².